The van der Waals surface area contributed by atoms with E-state index in [2.05, 4.69) is 158 Å². The molecule has 0 unspecified atom stereocenters. The Bertz CT molecular complexity index is 2570. The van der Waals surface area contributed by atoms with Crippen LogP contribution in [0.5, 0.6) is 0 Å². The van der Waals surface area contributed by atoms with Crippen LogP contribution in [0.25, 0.3) is 66.1 Å². The van der Waals surface area contributed by atoms with Gasteiger partial charge in [0.2, 0.25) is 0 Å². The van der Waals surface area contributed by atoms with Gasteiger partial charge < -0.3 is 0 Å². The van der Waals surface area contributed by atoms with E-state index >= 15 is 0 Å². The summed E-state index contributed by atoms with van der Waals surface area (Å²) in [6.07, 6.45) is 0. The summed E-state index contributed by atoms with van der Waals surface area (Å²) in [5, 5.41) is 5.30. The van der Waals surface area contributed by atoms with Crippen LogP contribution < -0.4 is 0 Å². The zero-order valence-electron chi connectivity index (χ0n) is 24.9. The summed E-state index contributed by atoms with van der Waals surface area (Å²) in [6.45, 7) is 0. The molecule has 1 spiro atoms. The highest BCUT2D eigenvalue weighted by Gasteiger charge is 2.52. The predicted octanol–water partition coefficient (Wildman–Crippen LogP) is 12.1. The maximum Gasteiger partial charge on any atom is 0.0731 e. The summed E-state index contributed by atoms with van der Waals surface area (Å²) in [4.78, 5) is 2.68. The Morgan fingerprint density at radius 3 is 1.85 bits per heavy atom. The second kappa shape index (κ2) is 8.88. The molecule has 0 radical (unpaired) electrons. The first-order chi connectivity index (χ1) is 22.8. The van der Waals surface area contributed by atoms with Crippen molar-refractivity contribution in [2.75, 3.05) is 0 Å². The number of hydrogen-bond acceptors (Lipinski definition) is 1. The highest BCUT2D eigenvalue weighted by molar-refractivity contribution is 8.00. The summed E-state index contributed by atoms with van der Waals surface area (Å²) in [5.41, 5.74) is 15.8. The van der Waals surface area contributed by atoms with Crippen molar-refractivity contribution in [1.82, 2.24) is 0 Å². The Balaban J connectivity index is 1.23. The molecular weight excluding hydrogens is 573 g/mol. The zero-order valence-corrected chi connectivity index (χ0v) is 25.7. The first-order valence-corrected chi connectivity index (χ1v) is 16.8. The van der Waals surface area contributed by atoms with E-state index < -0.39 is 5.41 Å². The van der Waals surface area contributed by atoms with Crippen molar-refractivity contribution in [3.63, 3.8) is 0 Å². The van der Waals surface area contributed by atoms with Crippen molar-refractivity contribution in [2.45, 2.75) is 15.2 Å². The summed E-state index contributed by atoms with van der Waals surface area (Å²) in [7, 11) is 0. The first kappa shape index (κ1) is 24.9. The molecule has 0 saturated heterocycles. The molecule has 1 heterocycles. The fourth-order valence-corrected chi connectivity index (χ4v) is 10.2. The lowest BCUT2D eigenvalue weighted by molar-refractivity contribution is 0.801. The van der Waals surface area contributed by atoms with E-state index in [0.29, 0.717) is 0 Å². The van der Waals surface area contributed by atoms with Crippen molar-refractivity contribution in [2.24, 2.45) is 0 Å². The van der Waals surface area contributed by atoms with Crippen LogP contribution in [0.4, 0.5) is 0 Å². The summed E-state index contributed by atoms with van der Waals surface area (Å²) >= 11 is 1.92. The molecule has 1 aliphatic heterocycles. The molecule has 0 amide bonds. The Labute approximate surface area is 272 Å². The van der Waals surface area contributed by atoms with Crippen LogP contribution in [0, 0.1) is 0 Å². The Morgan fingerprint density at radius 1 is 0.391 bits per heavy atom. The molecule has 46 heavy (non-hydrogen) atoms. The van der Waals surface area contributed by atoms with E-state index in [1.807, 2.05) is 11.8 Å². The van der Waals surface area contributed by atoms with Gasteiger partial charge in [-0.15, -0.1) is 0 Å². The molecule has 3 aliphatic rings. The maximum atomic E-state index is 2.53. The smallest absolute Gasteiger partial charge is 0.0731 e. The zero-order chi connectivity index (χ0) is 30.0. The molecule has 11 rings (SSSR count). The lowest BCUT2D eigenvalue weighted by Gasteiger charge is -2.32. The Hall–Kier alpha value is -5.37. The lowest BCUT2D eigenvalue weighted by atomic mass is 9.69. The van der Waals surface area contributed by atoms with Gasteiger partial charge in [-0.2, -0.15) is 0 Å². The third-order valence-electron chi connectivity index (χ3n) is 10.7. The van der Waals surface area contributed by atoms with Gasteiger partial charge in [0.15, 0.2) is 0 Å². The monoisotopic (exact) mass is 598 g/mol. The van der Waals surface area contributed by atoms with Gasteiger partial charge in [-0.25, -0.2) is 0 Å². The second-order valence-corrected chi connectivity index (χ2v) is 13.8. The number of rotatable bonds is 1. The predicted molar refractivity (Wildman–Crippen MR) is 193 cm³/mol. The van der Waals surface area contributed by atoms with Crippen LogP contribution >= 0.6 is 11.8 Å². The number of hydrogen-bond donors (Lipinski definition) is 0. The van der Waals surface area contributed by atoms with Crippen molar-refractivity contribution >= 4 is 33.3 Å². The van der Waals surface area contributed by atoms with Gasteiger partial charge in [-0.3, -0.25) is 0 Å². The van der Waals surface area contributed by atoms with Crippen LogP contribution in [0.1, 0.15) is 22.3 Å². The minimum absolute atomic E-state index is 0.394. The van der Waals surface area contributed by atoms with Gasteiger partial charge in [0.05, 0.1) is 5.41 Å². The van der Waals surface area contributed by atoms with Crippen molar-refractivity contribution in [3.05, 3.63) is 180 Å². The van der Waals surface area contributed by atoms with Gasteiger partial charge in [-0.05, 0) is 95.1 Å². The molecule has 0 nitrogen and oxygen atoms in total. The molecule has 1 heteroatoms. The van der Waals surface area contributed by atoms with Crippen molar-refractivity contribution < 1.29 is 0 Å². The van der Waals surface area contributed by atoms with Gasteiger partial charge >= 0.3 is 0 Å². The minimum atomic E-state index is -0.394. The molecule has 212 valence electrons. The second-order valence-electron chi connectivity index (χ2n) is 12.8. The van der Waals surface area contributed by atoms with Crippen molar-refractivity contribution in [3.8, 4) is 44.5 Å². The highest BCUT2D eigenvalue weighted by Crippen LogP contribution is 2.64. The molecule has 0 N–H and O–H groups in total. The highest BCUT2D eigenvalue weighted by atomic mass is 32.2. The van der Waals surface area contributed by atoms with Crippen LogP contribution in [-0.4, -0.2) is 0 Å². The number of benzene rings is 8. The third kappa shape index (κ3) is 2.97. The van der Waals surface area contributed by atoms with Crippen LogP contribution in [0.15, 0.2) is 168 Å². The van der Waals surface area contributed by atoms with E-state index in [0.717, 1.165) is 0 Å². The molecule has 0 saturated carbocycles. The third-order valence-corrected chi connectivity index (χ3v) is 11.9. The van der Waals surface area contributed by atoms with E-state index in [-0.39, 0.29) is 0 Å². The van der Waals surface area contributed by atoms with E-state index in [9.17, 15) is 0 Å². The summed E-state index contributed by atoms with van der Waals surface area (Å²) in [6, 6.07) is 59.4. The molecule has 0 bridgehead atoms. The van der Waals surface area contributed by atoms with Crippen LogP contribution in [0.2, 0.25) is 0 Å². The summed E-state index contributed by atoms with van der Waals surface area (Å²) < 4.78 is 0. The topological polar surface area (TPSA) is 0 Å². The molecule has 0 aromatic heterocycles. The fraction of sp³-hybridized carbons (Fsp3) is 0.0222. The van der Waals surface area contributed by atoms with Gasteiger partial charge in [0, 0.05) is 15.2 Å². The van der Waals surface area contributed by atoms with Gasteiger partial charge in [0.1, 0.15) is 0 Å². The largest absolute Gasteiger partial charge is 0.0881 e. The molecule has 8 aromatic carbocycles. The minimum Gasteiger partial charge on any atom is -0.0881 e. The SMILES string of the molecule is c1ccc2c(c1)-c1ccccc1C21c2cc(-c3cccc4c3Sc3cccc5cccc-4c35)ccc2-c2ccc3ccccc3c21. The molecule has 2 aliphatic carbocycles. The fourth-order valence-electron chi connectivity index (χ4n) is 8.90. The van der Waals surface area contributed by atoms with Crippen LogP contribution in [-0.2, 0) is 5.41 Å². The van der Waals surface area contributed by atoms with Gasteiger partial charge in [-0.1, -0.05) is 157 Å². The molecule has 8 aromatic rings. The van der Waals surface area contributed by atoms with Gasteiger partial charge in [0.25, 0.3) is 0 Å². The van der Waals surface area contributed by atoms with E-state index in [4.69, 9.17) is 0 Å². The van der Waals surface area contributed by atoms with Crippen molar-refractivity contribution in [1.29, 1.82) is 0 Å². The average Bonchev–Trinajstić information content (AvgIpc) is 3.59. The standard InChI is InChI=1S/C45H26S/c1-2-13-30-27(10-1)22-25-36-34-24-23-29(31-16-9-18-37-35-17-7-11-28-12-8-21-41(42(28)35)46-44(31)37)26-40(34)45(43(30)36)38-19-5-3-14-32(38)33-15-4-6-20-39(33)45/h1-26H. The summed E-state index contributed by atoms with van der Waals surface area (Å²) in [5.74, 6) is 0. The maximum absolute atomic E-state index is 2.53. The van der Waals surface area contributed by atoms with E-state index in [1.165, 1.54) is 98.1 Å². The van der Waals surface area contributed by atoms with E-state index in [1.54, 1.807) is 0 Å². The molecular formula is C45H26S. The Kier molecular flexibility index (Phi) is 4.80. The molecule has 0 fully saturated rings. The molecule has 0 atom stereocenters. The lowest BCUT2D eigenvalue weighted by Crippen LogP contribution is -2.26. The average molecular weight is 599 g/mol. The van der Waals surface area contributed by atoms with Crippen LogP contribution in [0.3, 0.4) is 0 Å². The first-order valence-electron chi connectivity index (χ1n) is 16.0. The quantitative estimate of drug-likeness (QED) is 0.181. The Morgan fingerprint density at radius 2 is 1.00 bits per heavy atom. The normalized spacial score (nSPS) is 14.2. The number of fused-ring (bicyclic) bond motifs is 14.